The molecule has 1 saturated heterocycles. The van der Waals surface area contributed by atoms with E-state index in [9.17, 15) is 4.79 Å². The summed E-state index contributed by atoms with van der Waals surface area (Å²) in [6.45, 7) is 4.47. The molecule has 1 N–H and O–H groups in total. The summed E-state index contributed by atoms with van der Waals surface area (Å²) in [4.78, 5) is 14.4. The number of likely N-dealkylation sites (tertiary alicyclic amines) is 1. The summed E-state index contributed by atoms with van der Waals surface area (Å²) in [6, 6.07) is 8.43. The lowest BCUT2D eigenvalue weighted by molar-refractivity contribution is -0.131. The molecule has 1 heterocycles. The van der Waals surface area contributed by atoms with E-state index in [0.717, 1.165) is 38.1 Å². The second-order valence-electron chi connectivity index (χ2n) is 5.52. The Bertz CT molecular complexity index is 450. The molecule has 0 radical (unpaired) electrons. The van der Waals surface area contributed by atoms with Gasteiger partial charge in [0.1, 0.15) is 5.75 Å². The standard InChI is InChI=1S/C17H26N2O2.ClH/c1-3-21-16-9-6-14(7-10-16)8-11-17(20)19-12-4-5-15(19)13-18-2;/h6-7,9-10,15,18H,3-5,8,11-13H2,1-2H3;1H. The van der Waals surface area contributed by atoms with Crippen molar-refractivity contribution in [3.05, 3.63) is 29.8 Å². The lowest BCUT2D eigenvalue weighted by Gasteiger charge is -2.24. The third-order valence-corrected chi connectivity index (χ3v) is 4.00. The fraction of sp³-hybridized carbons (Fsp3) is 0.588. The van der Waals surface area contributed by atoms with Crippen molar-refractivity contribution >= 4 is 18.3 Å². The molecule has 124 valence electrons. The molecular formula is C17H27ClN2O2. The molecule has 2 rings (SSSR count). The van der Waals surface area contributed by atoms with Gasteiger partial charge in [0.15, 0.2) is 0 Å². The molecule has 22 heavy (non-hydrogen) atoms. The van der Waals surface area contributed by atoms with Crippen LogP contribution >= 0.6 is 12.4 Å². The number of amides is 1. The highest BCUT2D eigenvalue weighted by Gasteiger charge is 2.27. The van der Waals surface area contributed by atoms with Crippen LogP contribution < -0.4 is 10.1 Å². The van der Waals surface area contributed by atoms with E-state index < -0.39 is 0 Å². The molecule has 1 atom stereocenters. The van der Waals surface area contributed by atoms with Crippen LogP contribution in [0.1, 0.15) is 31.7 Å². The molecular weight excluding hydrogens is 300 g/mol. The molecule has 1 aromatic carbocycles. The van der Waals surface area contributed by atoms with Crippen molar-refractivity contribution in [1.29, 1.82) is 0 Å². The fourth-order valence-corrected chi connectivity index (χ4v) is 2.93. The maximum atomic E-state index is 12.3. The van der Waals surface area contributed by atoms with Crippen LogP contribution in [0.2, 0.25) is 0 Å². The third kappa shape index (κ3) is 5.18. The first-order valence-electron chi connectivity index (χ1n) is 7.90. The van der Waals surface area contributed by atoms with Gasteiger partial charge in [-0.15, -0.1) is 12.4 Å². The molecule has 1 unspecified atom stereocenters. The van der Waals surface area contributed by atoms with Gasteiger partial charge < -0.3 is 15.0 Å². The lowest BCUT2D eigenvalue weighted by atomic mass is 10.1. The second kappa shape index (κ2) is 9.70. The zero-order chi connectivity index (χ0) is 15.1. The number of halogens is 1. The number of benzene rings is 1. The van der Waals surface area contributed by atoms with Gasteiger partial charge in [-0.2, -0.15) is 0 Å². The van der Waals surface area contributed by atoms with Gasteiger partial charge >= 0.3 is 0 Å². The Labute approximate surface area is 139 Å². The monoisotopic (exact) mass is 326 g/mol. The molecule has 1 aliphatic rings. The van der Waals surface area contributed by atoms with Gasteiger partial charge in [-0.25, -0.2) is 0 Å². The molecule has 4 nitrogen and oxygen atoms in total. The van der Waals surface area contributed by atoms with Crippen LogP contribution in [0.3, 0.4) is 0 Å². The summed E-state index contributed by atoms with van der Waals surface area (Å²) in [5.41, 5.74) is 1.19. The number of nitrogens with one attached hydrogen (secondary N) is 1. The Morgan fingerprint density at radius 2 is 2.09 bits per heavy atom. The van der Waals surface area contributed by atoms with Gasteiger partial charge in [0, 0.05) is 25.6 Å². The van der Waals surface area contributed by atoms with Crippen LogP contribution in [0.5, 0.6) is 5.75 Å². The third-order valence-electron chi connectivity index (χ3n) is 4.00. The van der Waals surface area contributed by atoms with E-state index in [1.807, 2.05) is 43.1 Å². The highest BCUT2D eigenvalue weighted by atomic mass is 35.5. The molecule has 1 fully saturated rings. The van der Waals surface area contributed by atoms with E-state index >= 15 is 0 Å². The van der Waals surface area contributed by atoms with Gasteiger partial charge in [-0.3, -0.25) is 4.79 Å². The topological polar surface area (TPSA) is 41.6 Å². The summed E-state index contributed by atoms with van der Waals surface area (Å²) >= 11 is 0. The minimum absolute atomic E-state index is 0. The Hall–Kier alpha value is -1.26. The molecule has 0 saturated carbocycles. The molecule has 1 aromatic rings. The van der Waals surface area contributed by atoms with E-state index in [1.54, 1.807) is 0 Å². The van der Waals surface area contributed by atoms with Crippen molar-refractivity contribution in [2.75, 3.05) is 26.7 Å². The van der Waals surface area contributed by atoms with Crippen LogP contribution in [-0.4, -0.2) is 43.6 Å². The summed E-state index contributed by atoms with van der Waals surface area (Å²) in [7, 11) is 1.95. The van der Waals surface area contributed by atoms with Crippen molar-refractivity contribution in [2.24, 2.45) is 0 Å². The number of aryl methyl sites for hydroxylation is 1. The predicted molar refractivity (Wildman–Crippen MR) is 91.8 cm³/mol. The first-order chi connectivity index (χ1) is 10.2. The Balaban J connectivity index is 0.00000242. The molecule has 0 spiro atoms. The second-order valence-corrected chi connectivity index (χ2v) is 5.52. The van der Waals surface area contributed by atoms with Crippen LogP contribution in [0, 0.1) is 0 Å². The molecule has 0 bridgehead atoms. The minimum Gasteiger partial charge on any atom is -0.494 e. The molecule has 1 aliphatic heterocycles. The Morgan fingerprint density at radius 3 is 2.73 bits per heavy atom. The van der Waals surface area contributed by atoms with Crippen LogP contribution in [0.4, 0.5) is 0 Å². The average molecular weight is 327 g/mol. The molecule has 1 amide bonds. The van der Waals surface area contributed by atoms with Gasteiger partial charge in [0.05, 0.1) is 6.61 Å². The number of carbonyl (C=O) groups excluding carboxylic acids is 1. The first kappa shape index (κ1) is 18.8. The maximum absolute atomic E-state index is 12.3. The molecule has 0 aliphatic carbocycles. The summed E-state index contributed by atoms with van der Waals surface area (Å²) in [5, 5.41) is 3.18. The SMILES string of the molecule is CCOc1ccc(CCC(=O)N2CCCC2CNC)cc1.Cl. The Morgan fingerprint density at radius 1 is 1.36 bits per heavy atom. The maximum Gasteiger partial charge on any atom is 0.223 e. The van der Waals surface area contributed by atoms with Crippen LogP contribution in [-0.2, 0) is 11.2 Å². The van der Waals surface area contributed by atoms with Crippen molar-refractivity contribution < 1.29 is 9.53 Å². The Kier molecular flexibility index (Phi) is 8.28. The van der Waals surface area contributed by atoms with Crippen LogP contribution in [0.15, 0.2) is 24.3 Å². The fourth-order valence-electron chi connectivity index (χ4n) is 2.93. The number of rotatable bonds is 7. The number of likely N-dealkylation sites (N-methyl/N-ethyl adjacent to an activating group) is 1. The van der Waals surface area contributed by atoms with Gasteiger partial charge in [0.25, 0.3) is 0 Å². The highest BCUT2D eigenvalue weighted by Crippen LogP contribution is 2.19. The number of carbonyl (C=O) groups is 1. The van der Waals surface area contributed by atoms with E-state index in [1.165, 1.54) is 5.56 Å². The zero-order valence-corrected chi connectivity index (χ0v) is 14.3. The molecule has 5 heteroatoms. The number of hydrogen-bond donors (Lipinski definition) is 1. The molecule has 0 aromatic heterocycles. The van der Waals surface area contributed by atoms with Gasteiger partial charge in [0.2, 0.25) is 5.91 Å². The van der Waals surface area contributed by atoms with E-state index in [-0.39, 0.29) is 18.3 Å². The predicted octanol–water partition coefficient (Wildman–Crippen LogP) is 2.65. The average Bonchev–Trinajstić information content (AvgIpc) is 2.95. The van der Waals surface area contributed by atoms with Crippen molar-refractivity contribution in [3.63, 3.8) is 0 Å². The minimum atomic E-state index is 0. The van der Waals surface area contributed by atoms with E-state index in [4.69, 9.17) is 4.74 Å². The summed E-state index contributed by atoms with van der Waals surface area (Å²) in [5.74, 6) is 1.17. The quantitative estimate of drug-likeness (QED) is 0.837. The number of ether oxygens (including phenoxy) is 1. The summed E-state index contributed by atoms with van der Waals surface area (Å²) in [6.07, 6.45) is 3.64. The number of hydrogen-bond acceptors (Lipinski definition) is 3. The normalized spacial score (nSPS) is 17.2. The zero-order valence-electron chi connectivity index (χ0n) is 13.5. The number of nitrogens with zero attached hydrogens (tertiary/aromatic N) is 1. The highest BCUT2D eigenvalue weighted by molar-refractivity contribution is 5.85. The summed E-state index contributed by atoms with van der Waals surface area (Å²) < 4.78 is 5.43. The van der Waals surface area contributed by atoms with Crippen molar-refractivity contribution in [1.82, 2.24) is 10.2 Å². The largest absolute Gasteiger partial charge is 0.494 e. The van der Waals surface area contributed by atoms with Gasteiger partial charge in [-0.05, 0) is 50.9 Å². The lowest BCUT2D eigenvalue weighted by Crippen LogP contribution is -2.40. The van der Waals surface area contributed by atoms with E-state index in [0.29, 0.717) is 19.1 Å². The van der Waals surface area contributed by atoms with E-state index in [2.05, 4.69) is 5.32 Å². The van der Waals surface area contributed by atoms with Gasteiger partial charge in [-0.1, -0.05) is 12.1 Å². The smallest absolute Gasteiger partial charge is 0.223 e. The first-order valence-corrected chi connectivity index (χ1v) is 7.90. The van der Waals surface area contributed by atoms with Crippen molar-refractivity contribution in [3.8, 4) is 5.75 Å². The van der Waals surface area contributed by atoms with Crippen molar-refractivity contribution in [2.45, 2.75) is 38.6 Å². The van der Waals surface area contributed by atoms with Crippen LogP contribution in [0.25, 0.3) is 0 Å².